The van der Waals surface area contributed by atoms with Crippen LogP contribution in [0.5, 0.6) is 0 Å². The van der Waals surface area contributed by atoms with E-state index in [-0.39, 0.29) is 0 Å². The molecule has 0 fully saturated rings. The fourth-order valence-electron chi connectivity index (χ4n) is 2.36. The average Bonchev–Trinajstić information content (AvgIpc) is 2.53. The Labute approximate surface area is 126 Å². The predicted molar refractivity (Wildman–Crippen MR) is 84.5 cm³/mol. The van der Waals surface area contributed by atoms with Crippen molar-refractivity contribution in [3.8, 4) is 0 Å². The van der Waals surface area contributed by atoms with Crippen molar-refractivity contribution in [2.24, 2.45) is 0 Å². The van der Waals surface area contributed by atoms with Crippen molar-refractivity contribution in [2.75, 3.05) is 37.4 Å². The van der Waals surface area contributed by atoms with E-state index in [1.165, 1.54) is 25.7 Å². The standard InChI is InChI=1S/C15H25N5O/c1-21-11-5-9-16-14-12-18-20-15(19-14)17-10-8-13-6-3-2-4-7-13/h6,12H,2-5,7-11H2,1H3,(H2,16,17,19,20). The zero-order valence-electron chi connectivity index (χ0n) is 12.8. The molecule has 0 amide bonds. The van der Waals surface area contributed by atoms with Gasteiger partial charge in [-0.2, -0.15) is 10.1 Å². The van der Waals surface area contributed by atoms with Gasteiger partial charge >= 0.3 is 0 Å². The smallest absolute Gasteiger partial charge is 0.244 e. The Bertz CT molecular complexity index is 449. The van der Waals surface area contributed by atoms with Crippen LogP contribution in [0.1, 0.15) is 38.5 Å². The third-order valence-electron chi connectivity index (χ3n) is 3.50. The van der Waals surface area contributed by atoms with Gasteiger partial charge in [-0.05, 0) is 38.5 Å². The summed E-state index contributed by atoms with van der Waals surface area (Å²) in [7, 11) is 1.70. The maximum Gasteiger partial charge on any atom is 0.244 e. The molecule has 1 aliphatic carbocycles. The van der Waals surface area contributed by atoms with Gasteiger partial charge in [-0.3, -0.25) is 0 Å². The van der Waals surface area contributed by atoms with Crippen LogP contribution in [0.25, 0.3) is 0 Å². The Morgan fingerprint density at radius 3 is 3.00 bits per heavy atom. The molecule has 2 N–H and O–H groups in total. The molecule has 0 unspecified atom stereocenters. The number of methoxy groups -OCH3 is 1. The summed E-state index contributed by atoms with van der Waals surface area (Å²) in [6, 6.07) is 0. The van der Waals surface area contributed by atoms with E-state index in [0.717, 1.165) is 38.4 Å². The minimum absolute atomic E-state index is 0.586. The minimum atomic E-state index is 0.586. The second kappa shape index (κ2) is 9.28. The van der Waals surface area contributed by atoms with E-state index in [4.69, 9.17) is 4.74 Å². The zero-order chi connectivity index (χ0) is 14.8. The van der Waals surface area contributed by atoms with Crippen LogP contribution >= 0.6 is 0 Å². The van der Waals surface area contributed by atoms with Crippen LogP contribution in [0, 0.1) is 0 Å². The Kier molecular flexibility index (Phi) is 6.94. The molecule has 1 aromatic heterocycles. The lowest BCUT2D eigenvalue weighted by atomic mass is 9.97. The molecule has 0 aliphatic heterocycles. The zero-order valence-corrected chi connectivity index (χ0v) is 12.8. The molecule has 0 saturated heterocycles. The summed E-state index contributed by atoms with van der Waals surface area (Å²) in [5.41, 5.74) is 1.55. The molecule has 1 aliphatic rings. The number of nitrogens with one attached hydrogen (secondary N) is 2. The van der Waals surface area contributed by atoms with Crippen LogP contribution in [-0.2, 0) is 4.74 Å². The summed E-state index contributed by atoms with van der Waals surface area (Å²) in [5.74, 6) is 1.34. The molecule has 2 rings (SSSR count). The SMILES string of the molecule is COCCCNc1cnnc(NCCC2=CCCCC2)n1. The minimum Gasteiger partial charge on any atom is -0.385 e. The molecule has 6 nitrogen and oxygen atoms in total. The molecule has 0 spiro atoms. The number of ether oxygens (including phenoxy) is 1. The first-order valence-electron chi connectivity index (χ1n) is 7.73. The molecular formula is C15H25N5O. The maximum atomic E-state index is 5.01. The number of anilines is 2. The Morgan fingerprint density at radius 1 is 1.24 bits per heavy atom. The van der Waals surface area contributed by atoms with Gasteiger partial charge in [0.25, 0.3) is 0 Å². The monoisotopic (exact) mass is 291 g/mol. The third-order valence-corrected chi connectivity index (χ3v) is 3.50. The van der Waals surface area contributed by atoms with Crippen LogP contribution in [-0.4, -0.2) is 42.0 Å². The van der Waals surface area contributed by atoms with Crippen LogP contribution in [0.4, 0.5) is 11.8 Å². The highest BCUT2D eigenvalue weighted by molar-refractivity contribution is 5.36. The van der Waals surface area contributed by atoms with Crippen LogP contribution in [0.15, 0.2) is 17.8 Å². The highest BCUT2D eigenvalue weighted by Gasteiger charge is 2.04. The fraction of sp³-hybridized carbons (Fsp3) is 0.667. The van der Waals surface area contributed by atoms with Crippen molar-refractivity contribution in [1.29, 1.82) is 0 Å². The van der Waals surface area contributed by atoms with E-state index >= 15 is 0 Å². The highest BCUT2D eigenvalue weighted by Crippen LogP contribution is 2.19. The van der Waals surface area contributed by atoms with Gasteiger partial charge in [-0.15, -0.1) is 5.10 Å². The van der Waals surface area contributed by atoms with E-state index < -0.39 is 0 Å². The highest BCUT2D eigenvalue weighted by atomic mass is 16.5. The Balaban J connectivity index is 1.71. The third kappa shape index (κ3) is 6.08. The largest absolute Gasteiger partial charge is 0.385 e. The summed E-state index contributed by atoms with van der Waals surface area (Å²) >= 11 is 0. The molecule has 0 saturated carbocycles. The van der Waals surface area contributed by atoms with E-state index in [0.29, 0.717) is 5.95 Å². The summed E-state index contributed by atoms with van der Waals surface area (Å²) in [4.78, 5) is 4.40. The molecule has 6 heteroatoms. The van der Waals surface area contributed by atoms with E-state index in [1.807, 2.05) is 0 Å². The quantitative estimate of drug-likeness (QED) is 0.538. The van der Waals surface area contributed by atoms with Crippen molar-refractivity contribution in [2.45, 2.75) is 38.5 Å². The number of rotatable bonds is 9. The van der Waals surface area contributed by atoms with Gasteiger partial charge in [0, 0.05) is 26.8 Å². The van der Waals surface area contributed by atoms with Gasteiger partial charge in [-0.25, -0.2) is 0 Å². The first-order valence-corrected chi connectivity index (χ1v) is 7.73. The Morgan fingerprint density at radius 2 is 2.19 bits per heavy atom. The van der Waals surface area contributed by atoms with Gasteiger partial charge in [0.2, 0.25) is 5.95 Å². The second-order valence-corrected chi connectivity index (χ2v) is 5.22. The number of aromatic nitrogens is 3. The number of allylic oxidation sites excluding steroid dienone is 1. The first kappa shape index (κ1) is 15.7. The van der Waals surface area contributed by atoms with Gasteiger partial charge in [0.05, 0.1) is 6.20 Å². The first-order chi connectivity index (χ1) is 10.4. The van der Waals surface area contributed by atoms with Crippen LogP contribution < -0.4 is 10.6 Å². The molecule has 0 atom stereocenters. The summed E-state index contributed by atoms with van der Waals surface area (Å²) < 4.78 is 5.01. The second-order valence-electron chi connectivity index (χ2n) is 5.22. The van der Waals surface area contributed by atoms with E-state index in [2.05, 4.69) is 31.9 Å². The number of nitrogens with zero attached hydrogens (tertiary/aromatic N) is 3. The Hall–Kier alpha value is -1.69. The lowest BCUT2D eigenvalue weighted by Crippen LogP contribution is -2.11. The van der Waals surface area contributed by atoms with Crippen LogP contribution in [0.2, 0.25) is 0 Å². The average molecular weight is 291 g/mol. The van der Waals surface area contributed by atoms with Gasteiger partial charge in [0.1, 0.15) is 0 Å². The maximum absolute atomic E-state index is 5.01. The molecule has 0 radical (unpaired) electrons. The predicted octanol–water partition coefficient (Wildman–Crippen LogP) is 2.62. The summed E-state index contributed by atoms with van der Waals surface area (Å²) in [6.07, 6.45) is 11.1. The topological polar surface area (TPSA) is 72.0 Å². The molecule has 1 aromatic rings. The van der Waals surface area contributed by atoms with Gasteiger partial charge in [0.15, 0.2) is 5.82 Å². The lowest BCUT2D eigenvalue weighted by Gasteiger charge is -2.13. The summed E-state index contributed by atoms with van der Waals surface area (Å²) in [6.45, 7) is 2.42. The summed E-state index contributed by atoms with van der Waals surface area (Å²) in [5, 5.41) is 14.4. The van der Waals surface area contributed by atoms with Gasteiger partial charge < -0.3 is 15.4 Å². The van der Waals surface area contributed by atoms with Crippen molar-refractivity contribution >= 4 is 11.8 Å². The molecule has 21 heavy (non-hydrogen) atoms. The van der Waals surface area contributed by atoms with Crippen molar-refractivity contribution in [3.05, 3.63) is 17.8 Å². The molecular weight excluding hydrogens is 266 g/mol. The molecule has 0 aromatic carbocycles. The molecule has 116 valence electrons. The molecule has 1 heterocycles. The van der Waals surface area contributed by atoms with Crippen molar-refractivity contribution in [3.63, 3.8) is 0 Å². The van der Waals surface area contributed by atoms with E-state index in [9.17, 15) is 0 Å². The molecule has 0 bridgehead atoms. The van der Waals surface area contributed by atoms with Gasteiger partial charge in [-0.1, -0.05) is 11.6 Å². The van der Waals surface area contributed by atoms with Crippen LogP contribution in [0.3, 0.4) is 0 Å². The van der Waals surface area contributed by atoms with Crippen molar-refractivity contribution in [1.82, 2.24) is 15.2 Å². The van der Waals surface area contributed by atoms with Crippen molar-refractivity contribution < 1.29 is 4.74 Å². The lowest BCUT2D eigenvalue weighted by molar-refractivity contribution is 0.197. The van der Waals surface area contributed by atoms with E-state index in [1.54, 1.807) is 18.9 Å². The number of hydrogen-bond acceptors (Lipinski definition) is 6. The fourth-order valence-corrected chi connectivity index (χ4v) is 2.36. The normalized spacial score (nSPS) is 14.6. The number of hydrogen-bond donors (Lipinski definition) is 2.